The van der Waals surface area contributed by atoms with Crippen molar-refractivity contribution in [1.82, 2.24) is 4.72 Å². The Hall–Kier alpha value is -0.620. The first kappa shape index (κ1) is 15.8. The molecule has 1 saturated carbocycles. The topological polar surface area (TPSA) is 66.4 Å². The molecule has 0 heterocycles. The third-order valence-corrected chi connectivity index (χ3v) is 5.86. The summed E-state index contributed by atoms with van der Waals surface area (Å²) in [5.74, 6) is 0.332. The highest BCUT2D eigenvalue weighted by atomic mass is 35.5. The number of rotatable bonds is 4. The number of hydrogen-bond donors (Lipinski definition) is 2. The van der Waals surface area contributed by atoms with Crippen molar-refractivity contribution in [2.24, 2.45) is 5.92 Å². The summed E-state index contributed by atoms with van der Waals surface area (Å²) in [6, 6.07) is 4.51. The van der Waals surface area contributed by atoms with E-state index in [0.717, 1.165) is 25.7 Å². The van der Waals surface area contributed by atoms with E-state index in [4.69, 9.17) is 16.7 Å². The SMILES string of the molecule is CC1CCCCC1NS(=O)(=O)c1cc(CO)ccc1Cl. The summed E-state index contributed by atoms with van der Waals surface area (Å²) in [4.78, 5) is 0.0449. The van der Waals surface area contributed by atoms with Gasteiger partial charge in [0.05, 0.1) is 11.6 Å². The minimum atomic E-state index is -3.65. The lowest BCUT2D eigenvalue weighted by atomic mass is 9.87. The van der Waals surface area contributed by atoms with E-state index in [-0.39, 0.29) is 22.6 Å². The van der Waals surface area contributed by atoms with Gasteiger partial charge >= 0.3 is 0 Å². The molecule has 0 radical (unpaired) electrons. The zero-order chi connectivity index (χ0) is 14.8. The van der Waals surface area contributed by atoms with Crippen LogP contribution in [0.15, 0.2) is 23.1 Å². The maximum atomic E-state index is 12.5. The molecule has 0 aliphatic heterocycles. The third-order valence-electron chi connectivity index (χ3n) is 3.89. The van der Waals surface area contributed by atoms with Gasteiger partial charge in [0.25, 0.3) is 0 Å². The van der Waals surface area contributed by atoms with Gasteiger partial charge in [-0.25, -0.2) is 13.1 Å². The lowest BCUT2D eigenvalue weighted by Crippen LogP contribution is -2.41. The van der Waals surface area contributed by atoms with Crippen LogP contribution in [-0.4, -0.2) is 19.6 Å². The fourth-order valence-corrected chi connectivity index (χ4v) is 4.54. The average molecular weight is 318 g/mol. The van der Waals surface area contributed by atoms with Crippen molar-refractivity contribution < 1.29 is 13.5 Å². The first-order chi connectivity index (χ1) is 9.44. The normalized spacial score (nSPS) is 23.8. The lowest BCUT2D eigenvalue weighted by Gasteiger charge is -2.29. The van der Waals surface area contributed by atoms with Crippen LogP contribution in [-0.2, 0) is 16.6 Å². The van der Waals surface area contributed by atoms with Crippen LogP contribution in [0.1, 0.15) is 38.2 Å². The smallest absolute Gasteiger partial charge is 0.242 e. The van der Waals surface area contributed by atoms with E-state index in [2.05, 4.69) is 11.6 Å². The van der Waals surface area contributed by atoms with Crippen molar-refractivity contribution in [2.45, 2.75) is 50.2 Å². The molecule has 6 heteroatoms. The average Bonchev–Trinajstić information content (AvgIpc) is 2.41. The summed E-state index contributed by atoms with van der Waals surface area (Å²) in [7, 11) is -3.65. The highest BCUT2D eigenvalue weighted by Crippen LogP contribution is 2.27. The van der Waals surface area contributed by atoms with Crippen LogP contribution >= 0.6 is 11.6 Å². The zero-order valence-corrected chi connectivity index (χ0v) is 13.0. The van der Waals surface area contributed by atoms with E-state index in [1.54, 1.807) is 6.07 Å². The molecule has 1 aromatic rings. The quantitative estimate of drug-likeness (QED) is 0.897. The Morgan fingerprint density at radius 1 is 1.35 bits per heavy atom. The molecule has 1 aliphatic carbocycles. The van der Waals surface area contributed by atoms with Crippen molar-refractivity contribution in [3.63, 3.8) is 0 Å². The maximum absolute atomic E-state index is 12.5. The molecular weight excluding hydrogens is 298 g/mol. The van der Waals surface area contributed by atoms with Crippen molar-refractivity contribution in [3.8, 4) is 0 Å². The summed E-state index contributed by atoms with van der Waals surface area (Å²) in [5.41, 5.74) is 0.534. The van der Waals surface area contributed by atoms with Gasteiger partial charge in [-0.3, -0.25) is 0 Å². The van der Waals surface area contributed by atoms with Gasteiger partial charge in [-0.2, -0.15) is 0 Å². The largest absolute Gasteiger partial charge is 0.392 e. The van der Waals surface area contributed by atoms with E-state index in [1.165, 1.54) is 12.1 Å². The summed E-state index contributed by atoms with van der Waals surface area (Å²) in [6.07, 6.45) is 4.09. The highest BCUT2D eigenvalue weighted by molar-refractivity contribution is 7.89. The van der Waals surface area contributed by atoms with Crippen LogP contribution in [0.2, 0.25) is 5.02 Å². The summed E-state index contributed by atoms with van der Waals surface area (Å²) < 4.78 is 27.7. The molecule has 2 atom stereocenters. The van der Waals surface area contributed by atoms with E-state index < -0.39 is 10.0 Å². The lowest BCUT2D eigenvalue weighted by molar-refractivity contribution is 0.281. The Morgan fingerprint density at radius 2 is 2.05 bits per heavy atom. The second-order valence-electron chi connectivity index (χ2n) is 5.41. The third kappa shape index (κ3) is 3.52. The molecule has 0 saturated heterocycles. The number of hydrogen-bond acceptors (Lipinski definition) is 3. The molecule has 2 rings (SSSR count). The Bertz CT molecular complexity index is 574. The van der Waals surface area contributed by atoms with Crippen LogP contribution in [0.3, 0.4) is 0 Å². The van der Waals surface area contributed by atoms with Crippen molar-refractivity contribution in [1.29, 1.82) is 0 Å². The molecule has 0 amide bonds. The van der Waals surface area contributed by atoms with Crippen LogP contribution in [0, 0.1) is 5.92 Å². The van der Waals surface area contributed by atoms with Gasteiger partial charge in [0.15, 0.2) is 0 Å². The van der Waals surface area contributed by atoms with Crippen LogP contribution in [0.25, 0.3) is 0 Å². The second kappa shape index (κ2) is 6.43. The first-order valence-electron chi connectivity index (χ1n) is 6.85. The van der Waals surface area contributed by atoms with E-state index in [9.17, 15) is 8.42 Å². The molecule has 0 bridgehead atoms. The van der Waals surface area contributed by atoms with Gasteiger partial charge in [0, 0.05) is 6.04 Å². The Kier molecular flexibility index (Phi) is 5.07. The molecule has 2 unspecified atom stereocenters. The predicted octanol–water partition coefficient (Wildman–Crippen LogP) is 2.69. The standard InChI is InChI=1S/C14H20ClNO3S/c1-10-4-2-3-5-13(10)16-20(18,19)14-8-11(9-17)6-7-12(14)15/h6-8,10,13,16-17H,2-5,9H2,1H3. The van der Waals surface area contributed by atoms with Gasteiger partial charge in [0.2, 0.25) is 10.0 Å². The number of sulfonamides is 1. The number of aliphatic hydroxyl groups is 1. The molecule has 2 N–H and O–H groups in total. The van der Waals surface area contributed by atoms with Gasteiger partial charge < -0.3 is 5.11 Å². The molecular formula is C14H20ClNO3S. The molecule has 1 aromatic carbocycles. The van der Waals surface area contributed by atoms with Crippen LogP contribution in [0.4, 0.5) is 0 Å². The van der Waals surface area contributed by atoms with Crippen molar-refractivity contribution in [2.75, 3.05) is 0 Å². The minimum Gasteiger partial charge on any atom is -0.392 e. The van der Waals surface area contributed by atoms with Gasteiger partial charge in [0.1, 0.15) is 4.90 Å². The Balaban J connectivity index is 2.25. The zero-order valence-electron chi connectivity index (χ0n) is 11.5. The van der Waals surface area contributed by atoms with Crippen molar-refractivity contribution in [3.05, 3.63) is 28.8 Å². The summed E-state index contributed by atoms with van der Waals surface area (Å²) in [6.45, 7) is 1.86. The minimum absolute atomic E-state index is 0.0393. The molecule has 4 nitrogen and oxygen atoms in total. The van der Waals surface area contributed by atoms with Gasteiger partial charge in [-0.15, -0.1) is 0 Å². The van der Waals surface area contributed by atoms with Crippen LogP contribution in [0.5, 0.6) is 0 Å². The molecule has 0 spiro atoms. The Morgan fingerprint density at radius 3 is 2.70 bits per heavy atom. The number of halogens is 1. The molecule has 0 aromatic heterocycles. The Labute approximate surface area is 125 Å². The predicted molar refractivity (Wildman–Crippen MR) is 79.1 cm³/mol. The van der Waals surface area contributed by atoms with E-state index >= 15 is 0 Å². The molecule has 1 fully saturated rings. The fourth-order valence-electron chi connectivity index (χ4n) is 2.61. The van der Waals surface area contributed by atoms with Gasteiger partial charge in [-0.1, -0.05) is 37.4 Å². The molecule has 20 heavy (non-hydrogen) atoms. The molecule has 112 valence electrons. The number of nitrogens with one attached hydrogen (secondary N) is 1. The summed E-state index contributed by atoms with van der Waals surface area (Å²) in [5, 5.41) is 9.30. The molecule has 1 aliphatic rings. The fraction of sp³-hybridized carbons (Fsp3) is 0.571. The van der Waals surface area contributed by atoms with E-state index in [0.29, 0.717) is 11.5 Å². The number of aliphatic hydroxyl groups excluding tert-OH is 1. The highest BCUT2D eigenvalue weighted by Gasteiger charge is 2.28. The van der Waals surface area contributed by atoms with Gasteiger partial charge in [-0.05, 0) is 36.5 Å². The van der Waals surface area contributed by atoms with Crippen molar-refractivity contribution >= 4 is 21.6 Å². The van der Waals surface area contributed by atoms with E-state index in [1.807, 2.05) is 0 Å². The maximum Gasteiger partial charge on any atom is 0.242 e. The second-order valence-corrected chi connectivity index (χ2v) is 7.50. The monoisotopic (exact) mass is 317 g/mol. The number of benzene rings is 1. The first-order valence-corrected chi connectivity index (χ1v) is 8.72. The summed E-state index contributed by atoms with van der Waals surface area (Å²) >= 11 is 5.99. The van der Waals surface area contributed by atoms with Crippen LogP contribution < -0.4 is 4.72 Å².